The second kappa shape index (κ2) is 3.85. The van der Waals surface area contributed by atoms with Gasteiger partial charge in [0.05, 0.1) is 6.61 Å². The maximum atomic E-state index is 9.89. The summed E-state index contributed by atoms with van der Waals surface area (Å²) in [6.07, 6.45) is 0. The van der Waals surface area contributed by atoms with Gasteiger partial charge in [0.25, 0.3) is 0 Å². The molecule has 0 aromatic rings. The van der Waals surface area contributed by atoms with Crippen molar-refractivity contribution in [1.82, 2.24) is 0 Å². The molecule has 0 aromatic heterocycles. The van der Waals surface area contributed by atoms with Crippen molar-refractivity contribution in [3.8, 4) is 0 Å². The summed E-state index contributed by atoms with van der Waals surface area (Å²) >= 11 is 0. The second-order valence-corrected chi connectivity index (χ2v) is 3.32. The number of ether oxygens (including phenoxy) is 1. The first-order chi connectivity index (χ1) is 4.06. The van der Waals surface area contributed by atoms with Crippen LogP contribution in [0.5, 0.6) is 0 Å². The Hall–Kier alpha value is -0.0800. The molecule has 0 rings (SSSR count). The standard InChI is InChI=1S/C7H15O2/c1-7(2,3)6-9-5-4-8/h4-6H2,1-3H3/q-1. The first kappa shape index (κ1) is 8.92. The molecule has 2 nitrogen and oxygen atoms in total. The lowest BCUT2D eigenvalue weighted by Gasteiger charge is -2.18. The molecule has 0 spiro atoms. The van der Waals surface area contributed by atoms with E-state index >= 15 is 0 Å². The average Bonchev–Trinajstić information content (AvgIpc) is 1.63. The SMILES string of the molecule is CC(C)(C)COCC[O-]. The molecule has 0 aliphatic carbocycles. The van der Waals surface area contributed by atoms with Crippen LogP contribution in [0.3, 0.4) is 0 Å². The summed E-state index contributed by atoms with van der Waals surface area (Å²) in [7, 11) is 0. The Bertz CT molecular complexity index is 63.8. The second-order valence-electron chi connectivity index (χ2n) is 3.32. The molecule has 0 heterocycles. The van der Waals surface area contributed by atoms with E-state index in [1.54, 1.807) is 0 Å². The van der Waals surface area contributed by atoms with Gasteiger partial charge in [-0.15, -0.1) is 6.61 Å². The van der Waals surface area contributed by atoms with Gasteiger partial charge in [0.15, 0.2) is 0 Å². The van der Waals surface area contributed by atoms with Crippen molar-refractivity contribution in [1.29, 1.82) is 0 Å². The molecular formula is C7H15O2-. The van der Waals surface area contributed by atoms with Gasteiger partial charge in [-0.1, -0.05) is 20.8 Å². The van der Waals surface area contributed by atoms with E-state index in [1.165, 1.54) is 0 Å². The molecular weight excluding hydrogens is 116 g/mol. The molecule has 0 saturated carbocycles. The Morgan fingerprint density at radius 2 is 1.89 bits per heavy atom. The highest BCUT2D eigenvalue weighted by atomic mass is 16.5. The topological polar surface area (TPSA) is 32.3 Å². The zero-order valence-corrected chi connectivity index (χ0v) is 6.44. The molecule has 0 atom stereocenters. The molecule has 0 fully saturated rings. The maximum absolute atomic E-state index is 9.89. The Kier molecular flexibility index (Phi) is 3.82. The number of hydrogen-bond acceptors (Lipinski definition) is 2. The summed E-state index contributed by atoms with van der Waals surface area (Å²) in [4.78, 5) is 0. The monoisotopic (exact) mass is 131 g/mol. The van der Waals surface area contributed by atoms with E-state index in [9.17, 15) is 5.11 Å². The van der Waals surface area contributed by atoms with Crippen LogP contribution in [0.15, 0.2) is 0 Å². The Morgan fingerprint density at radius 1 is 1.33 bits per heavy atom. The molecule has 2 heteroatoms. The van der Waals surface area contributed by atoms with E-state index in [0.29, 0.717) is 13.2 Å². The maximum Gasteiger partial charge on any atom is 0.0513 e. The summed E-state index contributed by atoms with van der Waals surface area (Å²) in [5.74, 6) is 0. The molecule has 0 radical (unpaired) electrons. The van der Waals surface area contributed by atoms with Crippen LogP contribution < -0.4 is 5.11 Å². The van der Waals surface area contributed by atoms with Gasteiger partial charge in [-0.2, -0.15) is 0 Å². The van der Waals surface area contributed by atoms with Gasteiger partial charge in [-0.05, 0) is 5.41 Å². The van der Waals surface area contributed by atoms with Gasteiger partial charge in [0.2, 0.25) is 0 Å². The van der Waals surface area contributed by atoms with Crippen LogP contribution in [0.2, 0.25) is 0 Å². The van der Waals surface area contributed by atoms with Crippen LogP contribution >= 0.6 is 0 Å². The van der Waals surface area contributed by atoms with Crippen molar-refractivity contribution in [2.45, 2.75) is 20.8 Å². The zero-order valence-electron chi connectivity index (χ0n) is 6.44. The van der Waals surface area contributed by atoms with Crippen LogP contribution in [-0.2, 0) is 4.74 Å². The van der Waals surface area contributed by atoms with Crippen molar-refractivity contribution < 1.29 is 9.84 Å². The first-order valence-corrected chi connectivity index (χ1v) is 3.22. The van der Waals surface area contributed by atoms with Gasteiger partial charge in [-0.25, -0.2) is 0 Å². The normalized spacial score (nSPS) is 12.0. The van der Waals surface area contributed by atoms with Crippen LogP contribution in [0, 0.1) is 5.41 Å². The van der Waals surface area contributed by atoms with Gasteiger partial charge < -0.3 is 9.84 Å². The van der Waals surface area contributed by atoms with Gasteiger partial charge in [0, 0.05) is 6.61 Å². The molecule has 0 unspecified atom stereocenters. The molecule has 0 saturated heterocycles. The predicted molar refractivity (Wildman–Crippen MR) is 35.1 cm³/mol. The number of hydrogen-bond donors (Lipinski definition) is 0. The average molecular weight is 131 g/mol. The molecule has 0 bridgehead atoms. The quantitative estimate of drug-likeness (QED) is 0.520. The molecule has 0 aromatic carbocycles. The van der Waals surface area contributed by atoms with Crippen LogP contribution in [-0.4, -0.2) is 19.8 Å². The minimum atomic E-state index is -0.129. The third kappa shape index (κ3) is 7.92. The zero-order chi connectivity index (χ0) is 7.33. The van der Waals surface area contributed by atoms with E-state index < -0.39 is 0 Å². The fourth-order valence-corrected chi connectivity index (χ4v) is 0.437. The van der Waals surface area contributed by atoms with Crippen LogP contribution in [0.1, 0.15) is 20.8 Å². The lowest BCUT2D eigenvalue weighted by Crippen LogP contribution is -2.19. The van der Waals surface area contributed by atoms with Crippen molar-refractivity contribution in [2.75, 3.05) is 19.8 Å². The van der Waals surface area contributed by atoms with Crippen LogP contribution in [0.4, 0.5) is 0 Å². The highest BCUT2D eigenvalue weighted by Crippen LogP contribution is 2.12. The summed E-state index contributed by atoms with van der Waals surface area (Å²) in [6, 6.07) is 0. The lowest BCUT2D eigenvalue weighted by molar-refractivity contribution is -0.374. The van der Waals surface area contributed by atoms with Gasteiger partial charge >= 0.3 is 0 Å². The fourth-order valence-electron chi connectivity index (χ4n) is 0.437. The molecule has 0 amide bonds. The Labute approximate surface area is 56.8 Å². The highest BCUT2D eigenvalue weighted by Gasteiger charge is 2.08. The molecule has 0 aliphatic rings. The smallest absolute Gasteiger partial charge is 0.0513 e. The van der Waals surface area contributed by atoms with Gasteiger partial charge in [0.1, 0.15) is 0 Å². The summed E-state index contributed by atoms with van der Waals surface area (Å²) in [5.41, 5.74) is 0.190. The lowest BCUT2D eigenvalue weighted by atomic mass is 9.99. The van der Waals surface area contributed by atoms with Crippen molar-refractivity contribution in [3.05, 3.63) is 0 Å². The Morgan fingerprint density at radius 3 is 2.22 bits per heavy atom. The largest absolute Gasteiger partial charge is 0.853 e. The minimum absolute atomic E-state index is 0.129. The van der Waals surface area contributed by atoms with Crippen molar-refractivity contribution >= 4 is 0 Å². The fraction of sp³-hybridized carbons (Fsp3) is 1.00. The summed E-state index contributed by atoms with van der Waals surface area (Å²) in [6.45, 7) is 7.13. The molecule has 9 heavy (non-hydrogen) atoms. The molecule has 0 aliphatic heterocycles. The molecule has 56 valence electrons. The van der Waals surface area contributed by atoms with E-state index in [4.69, 9.17) is 4.74 Å². The van der Waals surface area contributed by atoms with Gasteiger partial charge in [-0.3, -0.25) is 0 Å². The van der Waals surface area contributed by atoms with Crippen molar-refractivity contribution in [2.24, 2.45) is 5.41 Å². The van der Waals surface area contributed by atoms with E-state index in [-0.39, 0.29) is 12.0 Å². The summed E-state index contributed by atoms with van der Waals surface area (Å²) in [5, 5.41) is 9.89. The minimum Gasteiger partial charge on any atom is -0.853 e. The highest BCUT2D eigenvalue weighted by molar-refractivity contribution is 4.58. The summed E-state index contributed by atoms with van der Waals surface area (Å²) < 4.78 is 5.03. The first-order valence-electron chi connectivity index (χ1n) is 3.22. The Balaban J connectivity index is 3.07. The van der Waals surface area contributed by atoms with Crippen LogP contribution in [0.25, 0.3) is 0 Å². The van der Waals surface area contributed by atoms with E-state index in [0.717, 1.165) is 0 Å². The number of rotatable bonds is 3. The van der Waals surface area contributed by atoms with E-state index in [2.05, 4.69) is 20.8 Å². The molecule has 0 N–H and O–H groups in total. The van der Waals surface area contributed by atoms with E-state index in [1.807, 2.05) is 0 Å². The predicted octanol–water partition coefficient (Wildman–Crippen LogP) is 0.409. The van der Waals surface area contributed by atoms with Crippen molar-refractivity contribution in [3.63, 3.8) is 0 Å². The third-order valence-electron chi connectivity index (χ3n) is 0.763. The third-order valence-corrected chi connectivity index (χ3v) is 0.763.